The summed E-state index contributed by atoms with van der Waals surface area (Å²) in [6, 6.07) is 14.6. The molecule has 94 valence electrons. The van der Waals surface area contributed by atoms with Crippen molar-refractivity contribution in [2.45, 2.75) is 19.4 Å². The van der Waals surface area contributed by atoms with Gasteiger partial charge in [0.2, 0.25) is 0 Å². The number of benzene rings is 1. The van der Waals surface area contributed by atoms with E-state index in [0.29, 0.717) is 6.04 Å². The summed E-state index contributed by atoms with van der Waals surface area (Å²) in [6.45, 7) is 7.06. The minimum atomic E-state index is 0.372. The summed E-state index contributed by atoms with van der Waals surface area (Å²) in [5, 5.41) is 3.46. The van der Waals surface area contributed by atoms with Crippen LogP contribution in [-0.2, 0) is 6.42 Å². The Hall–Kier alpha value is -1.80. The van der Waals surface area contributed by atoms with Crippen molar-refractivity contribution in [1.82, 2.24) is 5.32 Å². The standard InChI is InChI=1S/C16H19NO/c1-13(15-7-4-3-5-8-15)12-17-14(2)11-16-9-6-10-18-16/h3-10,14,17H,1,11-12H2,2H3. The zero-order chi connectivity index (χ0) is 12.8. The zero-order valence-corrected chi connectivity index (χ0v) is 10.7. The molecule has 1 unspecified atom stereocenters. The Morgan fingerprint density at radius 3 is 2.67 bits per heavy atom. The third-order valence-electron chi connectivity index (χ3n) is 2.93. The summed E-state index contributed by atoms with van der Waals surface area (Å²) in [7, 11) is 0. The Labute approximate surface area is 108 Å². The van der Waals surface area contributed by atoms with Crippen LogP contribution in [0.4, 0.5) is 0 Å². The van der Waals surface area contributed by atoms with E-state index in [9.17, 15) is 0 Å². The predicted molar refractivity (Wildman–Crippen MR) is 75.4 cm³/mol. The number of furan rings is 1. The fourth-order valence-electron chi connectivity index (χ4n) is 1.88. The van der Waals surface area contributed by atoms with Crippen LogP contribution in [0.15, 0.2) is 59.7 Å². The molecule has 2 heteroatoms. The number of hydrogen-bond donors (Lipinski definition) is 1. The molecule has 0 amide bonds. The van der Waals surface area contributed by atoms with Gasteiger partial charge in [-0.2, -0.15) is 0 Å². The average molecular weight is 241 g/mol. The van der Waals surface area contributed by atoms with Gasteiger partial charge in [0.05, 0.1) is 6.26 Å². The average Bonchev–Trinajstić information content (AvgIpc) is 2.90. The van der Waals surface area contributed by atoms with Crippen LogP contribution in [0.25, 0.3) is 5.57 Å². The zero-order valence-electron chi connectivity index (χ0n) is 10.7. The Morgan fingerprint density at radius 2 is 2.00 bits per heavy atom. The van der Waals surface area contributed by atoms with Crippen molar-refractivity contribution < 1.29 is 4.42 Å². The molecule has 0 aliphatic rings. The molecule has 0 fully saturated rings. The fraction of sp³-hybridized carbons (Fsp3) is 0.250. The van der Waals surface area contributed by atoms with E-state index in [1.165, 1.54) is 5.56 Å². The van der Waals surface area contributed by atoms with Gasteiger partial charge in [-0.15, -0.1) is 0 Å². The van der Waals surface area contributed by atoms with Gasteiger partial charge >= 0.3 is 0 Å². The minimum Gasteiger partial charge on any atom is -0.469 e. The van der Waals surface area contributed by atoms with Gasteiger partial charge in [-0.3, -0.25) is 0 Å². The Morgan fingerprint density at radius 1 is 1.22 bits per heavy atom. The summed E-state index contributed by atoms with van der Waals surface area (Å²) in [6.07, 6.45) is 2.61. The summed E-state index contributed by atoms with van der Waals surface area (Å²) >= 11 is 0. The van der Waals surface area contributed by atoms with E-state index in [-0.39, 0.29) is 0 Å². The van der Waals surface area contributed by atoms with Crippen LogP contribution in [0.5, 0.6) is 0 Å². The van der Waals surface area contributed by atoms with Crippen molar-refractivity contribution in [2.24, 2.45) is 0 Å². The Balaban J connectivity index is 1.79. The number of hydrogen-bond acceptors (Lipinski definition) is 2. The lowest BCUT2D eigenvalue weighted by atomic mass is 10.1. The van der Waals surface area contributed by atoms with E-state index >= 15 is 0 Å². The molecule has 0 spiro atoms. The highest BCUT2D eigenvalue weighted by Crippen LogP contribution is 2.11. The summed E-state index contributed by atoms with van der Waals surface area (Å²) in [5.41, 5.74) is 2.30. The van der Waals surface area contributed by atoms with Crippen molar-refractivity contribution in [1.29, 1.82) is 0 Å². The maximum atomic E-state index is 5.33. The van der Waals surface area contributed by atoms with Crippen molar-refractivity contribution in [3.63, 3.8) is 0 Å². The van der Waals surface area contributed by atoms with Crippen molar-refractivity contribution >= 4 is 5.57 Å². The first-order valence-corrected chi connectivity index (χ1v) is 6.24. The molecule has 2 rings (SSSR count). The van der Waals surface area contributed by atoms with Gasteiger partial charge < -0.3 is 9.73 Å². The number of rotatable bonds is 6. The van der Waals surface area contributed by atoms with Crippen LogP contribution < -0.4 is 5.32 Å². The SMILES string of the molecule is C=C(CNC(C)Cc1ccco1)c1ccccc1. The molecular formula is C16H19NO. The molecular weight excluding hydrogens is 222 g/mol. The highest BCUT2D eigenvalue weighted by atomic mass is 16.3. The van der Waals surface area contributed by atoms with E-state index in [1.54, 1.807) is 6.26 Å². The van der Waals surface area contributed by atoms with E-state index in [1.807, 2.05) is 30.3 Å². The maximum absolute atomic E-state index is 5.33. The lowest BCUT2D eigenvalue weighted by Gasteiger charge is -2.14. The highest BCUT2D eigenvalue weighted by molar-refractivity contribution is 5.64. The lowest BCUT2D eigenvalue weighted by Crippen LogP contribution is -2.29. The van der Waals surface area contributed by atoms with Crippen LogP contribution in [0, 0.1) is 0 Å². The van der Waals surface area contributed by atoms with Gasteiger partial charge in [0.25, 0.3) is 0 Å². The van der Waals surface area contributed by atoms with E-state index in [2.05, 4.69) is 31.0 Å². The first-order valence-electron chi connectivity index (χ1n) is 6.24. The first-order chi connectivity index (χ1) is 8.75. The van der Waals surface area contributed by atoms with Gasteiger partial charge in [0.1, 0.15) is 5.76 Å². The van der Waals surface area contributed by atoms with Gasteiger partial charge in [0.15, 0.2) is 0 Å². The van der Waals surface area contributed by atoms with Crippen molar-refractivity contribution in [3.05, 3.63) is 66.6 Å². The second-order valence-electron chi connectivity index (χ2n) is 4.54. The Bertz CT molecular complexity index is 473. The molecule has 0 aliphatic carbocycles. The summed E-state index contributed by atoms with van der Waals surface area (Å²) in [5.74, 6) is 1.01. The normalized spacial score (nSPS) is 12.3. The van der Waals surface area contributed by atoms with Gasteiger partial charge in [-0.05, 0) is 30.2 Å². The lowest BCUT2D eigenvalue weighted by molar-refractivity contribution is 0.467. The van der Waals surface area contributed by atoms with E-state index < -0.39 is 0 Å². The molecule has 1 heterocycles. The molecule has 18 heavy (non-hydrogen) atoms. The summed E-state index contributed by atoms with van der Waals surface area (Å²) in [4.78, 5) is 0. The molecule has 0 aliphatic heterocycles. The molecule has 1 aromatic heterocycles. The highest BCUT2D eigenvalue weighted by Gasteiger charge is 2.06. The molecule has 1 aromatic carbocycles. The molecule has 0 saturated heterocycles. The Kier molecular flexibility index (Phi) is 4.37. The van der Waals surface area contributed by atoms with Gasteiger partial charge in [-0.1, -0.05) is 36.9 Å². The molecule has 1 atom stereocenters. The quantitative estimate of drug-likeness (QED) is 0.837. The van der Waals surface area contributed by atoms with Crippen LogP contribution in [-0.4, -0.2) is 12.6 Å². The third-order valence-corrected chi connectivity index (χ3v) is 2.93. The van der Waals surface area contributed by atoms with E-state index in [0.717, 1.165) is 24.3 Å². The van der Waals surface area contributed by atoms with Gasteiger partial charge in [-0.25, -0.2) is 0 Å². The summed E-state index contributed by atoms with van der Waals surface area (Å²) < 4.78 is 5.33. The van der Waals surface area contributed by atoms with E-state index in [4.69, 9.17) is 4.42 Å². The van der Waals surface area contributed by atoms with Crippen LogP contribution >= 0.6 is 0 Å². The first kappa shape index (κ1) is 12.7. The molecule has 1 N–H and O–H groups in total. The smallest absolute Gasteiger partial charge is 0.105 e. The largest absolute Gasteiger partial charge is 0.469 e. The minimum absolute atomic E-state index is 0.372. The predicted octanol–water partition coefficient (Wildman–Crippen LogP) is 3.51. The van der Waals surface area contributed by atoms with Crippen LogP contribution in [0.2, 0.25) is 0 Å². The molecule has 0 saturated carbocycles. The maximum Gasteiger partial charge on any atom is 0.105 e. The number of nitrogens with one attached hydrogen (secondary N) is 1. The van der Waals surface area contributed by atoms with Crippen molar-refractivity contribution in [2.75, 3.05) is 6.54 Å². The van der Waals surface area contributed by atoms with Gasteiger partial charge in [0, 0.05) is 19.0 Å². The second kappa shape index (κ2) is 6.22. The van der Waals surface area contributed by atoms with Crippen LogP contribution in [0.1, 0.15) is 18.2 Å². The molecule has 2 nitrogen and oxygen atoms in total. The molecule has 0 bridgehead atoms. The second-order valence-corrected chi connectivity index (χ2v) is 4.54. The fourth-order valence-corrected chi connectivity index (χ4v) is 1.88. The third kappa shape index (κ3) is 3.60. The van der Waals surface area contributed by atoms with Crippen LogP contribution in [0.3, 0.4) is 0 Å². The van der Waals surface area contributed by atoms with Crippen molar-refractivity contribution in [3.8, 4) is 0 Å². The topological polar surface area (TPSA) is 25.2 Å². The molecule has 0 radical (unpaired) electrons. The molecule has 2 aromatic rings. The monoisotopic (exact) mass is 241 g/mol.